The van der Waals surface area contributed by atoms with Gasteiger partial charge in [-0.2, -0.15) is 0 Å². The molecule has 0 aliphatic heterocycles. The Balaban J connectivity index is 1.43. The normalized spacial score (nSPS) is 12.4. The highest BCUT2D eigenvalue weighted by molar-refractivity contribution is 7.15. The summed E-state index contributed by atoms with van der Waals surface area (Å²) in [5.74, 6) is 1.51. The van der Waals surface area contributed by atoms with E-state index in [9.17, 15) is 0 Å². The average Bonchev–Trinajstić information content (AvgIpc) is 3.44. The Labute approximate surface area is 167 Å². The van der Waals surface area contributed by atoms with E-state index in [4.69, 9.17) is 9.47 Å². The van der Waals surface area contributed by atoms with Gasteiger partial charge < -0.3 is 19.4 Å². The standard InChI is InChI=1S/C20H23N5O2S/c1-15(17-13-25-9-11-28-20(25)23-17)22-12-16-4-3-5-18(26-2)19(16)27-10-8-24-7-6-21-14-24/h3-7,9,11,13-15,22H,8,10,12H2,1-2H3. The molecule has 8 heteroatoms. The van der Waals surface area contributed by atoms with Crippen LogP contribution in [0, 0.1) is 0 Å². The number of methoxy groups -OCH3 is 1. The van der Waals surface area contributed by atoms with E-state index in [0.29, 0.717) is 13.2 Å². The number of imidazole rings is 2. The summed E-state index contributed by atoms with van der Waals surface area (Å²) in [6.07, 6.45) is 9.56. The van der Waals surface area contributed by atoms with Crippen LogP contribution in [0.5, 0.6) is 11.5 Å². The Morgan fingerprint density at radius 3 is 3.00 bits per heavy atom. The van der Waals surface area contributed by atoms with Crippen molar-refractivity contribution >= 4 is 16.3 Å². The fraction of sp³-hybridized carbons (Fsp3) is 0.300. The molecule has 4 rings (SSSR count). The van der Waals surface area contributed by atoms with Crippen LogP contribution in [-0.2, 0) is 13.1 Å². The Bertz CT molecular complexity index is 996. The van der Waals surface area contributed by atoms with Gasteiger partial charge >= 0.3 is 0 Å². The Morgan fingerprint density at radius 1 is 1.29 bits per heavy atom. The van der Waals surface area contributed by atoms with Crippen molar-refractivity contribution in [1.29, 1.82) is 0 Å². The molecule has 1 N–H and O–H groups in total. The van der Waals surface area contributed by atoms with Crippen molar-refractivity contribution in [3.05, 3.63) is 66.0 Å². The predicted octanol–water partition coefficient (Wildman–Crippen LogP) is 3.53. The number of nitrogens with one attached hydrogen (secondary N) is 1. The monoisotopic (exact) mass is 397 g/mol. The van der Waals surface area contributed by atoms with Gasteiger partial charge in [-0.1, -0.05) is 12.1 Å². The molecule has 3 heterocycles. The van der Waals surface area contributed by atoms with E-state index >= 15 is 0 Å². The van der Waals surface area contributed by atoms with Crippen molar-refractivity contribution in [2.24, 2.45) is 0 Å². The van der Waals surface area contributed by atoms with Gasteiger partial charge in [0.25, 0.3) is 0 Å². The van der Waals surface area contributed by atoms with Crippen molar-refractivity contribution < 1.29 is 9.47 Å². The maximum atomic E-state index is 6.07. The molecular weight excluding hydrogens is 374 g/mol. The lowest BCUT2D eigenvalue weighted by atomic mass is 10.1. The molecule has 3 aromatic heterocycles. The molecule has 146 valence electrons. The molecule has 0 radical (unpaired) electrons. The van der Waals surface area contributed by atoms with E-state index < -0.39 is 0 Å². The number of ether oxygens (including phenoxy) is 2. The second-order valence-corrected chi connectivity index (χ2v) is 7.33. The molecule has 0 bridgehead atoms. The van der Waals surface area contributed by atoms with Gasteiger partial charge in [0.2, 0.25) is 0 Å². The van der Waals surface area contributed by atoms with Crippen molar-refractivity contribution in [2.75, 3.05) is 13.7 Å². The molecule has 0 aliphatic carbocycles. The van der Waals surface area contributed by atoms with Crippen LogP contribution >= 0.6 is 11.3 Å². The van der Waals surface area contributed by atoms with Gasteiger partial charge in [-0.3, -0.25) is 4.40 Å². The van der Waals surface area contributed by atoms with Crippen LogP contribution in [0.1, 0.15) is 24.2 Å². The summed E-state index contributed by atoms with van der Waals surface area (Å²) in [5.41, 5.74) is 2.08. The number of nitrogens with zero attached hydrogens (tertiary/aromatic N) is 4. The van der Waals surface area contributed by atoms with Gasteiger partial charge in [0, 0.05) is 48.3 Å². The summed E-state index contributed by atoms with van der Waals surface area (Å²) in [5, 5.41) is 5.58. The van der Waals surface area contributed by atoms with Gasteiger partial charge in [0.1, 0.15) is 6.61 Å². The fourth-order valence-electron chi connectivity index (χ4n) is 3.02. The number of rotatable bonds is 9. The number of hydrogen-bond acceptors (Lipinski definition) is 6. The molecule has 0 fully saturated rings. The van der Waals surface area contributed by atoms with Crippen LogP contribution in [0.3, 0.4) is 0 Å². The zero-order valence-electron chi connectivity index (χ0n) is 15.9. The number of para-hydroxylation sites is 1. The van der Waals surface area contributed by atoms with Crippen LogP contribution in [0.15, 0.2) is 54.7 Å². The minimum absolute atomic E-state index is 0.122. The third-order valence-electron chi connectivity index (χ3n) is 4.59. The Morgan fingerprint density at radius 2 is 2.21 bits per heavy atom. The van der Waals surface area contributed by atoms with E-state index in [-0.39, 0.29) is 6.04 Å². The Kier molecular flexibility index (Phi) is 5.59. The van der Waals surface area contributed by atoms with Gasteiger partial charge in [0.15, 0.2) is 16.5 Å². The minimum Gasteiger partial charge on any atom is -0.493 e. The zero-order chi connectivity index (χ0) is 19.3. The van der Waals surface area contributed by atoms with Crippen LogP contribution in [0.25, 0.3) is 4.96 Å². The van der Waals surface area contributed by atoms with Crippen LogP contribution in [0.2, 0.25) is 0 Å². The molecule has 0 amide bonds. The largest absolute Gasteiger partial charge is 0.493 e. The number of thiazole rings is 1. The zero-order valence-corrected chi connectivity index (χ0v) is 16.7. The Hall–Kier alpha value is -2.84. The lowest BCUT2D eigenvalue weighted by Crippen LogP contribution is -2.19. The molecule has 0 saturated heterocycles. The summed E-state index contributed by atoms with van der Waals surface area (Å²) < 4.78 is 15.6. The molecule has 0 spiro atoms. The second-order valence-electron chi connectivity index (χ2n) is 6.46. The lowest BCUT2D eigenvalue weighted by molar-refractivity contribution is 0.276. The first-order valence-electron chi connectivity index (χ1n) is 9.14. The van der Waals surface area contributed by atoms with E-state index in [2.05, 4.69) is 34.5 Å². The van der Waals surface area contributed by atoms with E-state index in [0.717, 1.165) is 34.3 Å². The smallest absolute Gasteiger partial charge is 0.193 e. The van der Waals surface area contributed by atoms with Crippen molar-refractivity contribution in [3.8, 4) is 11.5 Å². The van der Waals surface area contributed by atoms with Crippen molar-refractivity contribution in [1.82, 2.24) is 24.3 Å². The quantitative estimate of drug-likeness (QED) is 0.468. The molecule has 28 heavy (non-hydrogen) atoms. The van der Waals surface area contributed by atoms with Gasteiger partial charge in [-0.05, 0) is 13.0 Å². The summed E-state index contributed by atoms with van der Waals surface area (Å²) in [4.78, 5) is 9.74. The SMILES string of the molecule is COc1cccc(CNC(C)c2cn3ccsc3n2)c1OCCn1ccnc1. The number of hydrogen-bond donors (Lipinski definition) is 1. The van der Waals surface area contributed by atoms with Crippen LogP contribution in [-0.4, -0.2) is 32.7 Å². The third-order valence-corrected chi connectivity index (χ3v) is 5.36. The number of fused-ring (bicyclic) bond motifs is 1. The minimum atomic E-state index is 0.122. The highest BCUT2D eigenvalue weighted by atomic mass is 32.1. The van der Waals surface area contributed by atoms with Crippen molar-refractivity contribution in [3.63, 3.8) is 0 Å². The number of aromatic nitrogens is 4. The molecule has 1 aromatic carbocycles. The highest BCUT2D eigenvalue weighted by Gasteiger charge is 2.14. The first-order valence-corrected chi connectivity index (χ1v) is 10.0. The maximum absolute atomic E-state index is 6.07. The molecule has 4 aromatic rings. The van der Waals surface area contributed by atoms with Gasteiger partial charge in [-0.15, -0.1) is 11.3 Å². The fourth-order valence-corrected chi connectivity index (χ4v) is 3.73. The van der Waals surface area contributed by atoms with Gasteiger partial charge in [0.05, 0.1) is 25.7 Å². The first-order chi connectivity index (χ1) is 13.7. The van der Waals surface area contributed by atoms with E-state index in [1.54, 1.807) is 31.0 Å². The third kappa shape index (κ3) is 4.02. The molecule has 1 atom stereocenters. The highest BCUT2D eigenvalue weighted by Crippen LogP contribution is 2.31. The first kappa shape index (κ1) is 18.5. The topological polar surface area (TPSA) is 65.6 Å². The summed E-state index contributed by atoms with van der Waals surface area (Å²) in [7, 11) is 1.66. The van der Waals surface area contributed by atoms with Crippen molar-refractivity contribution in [2.45, 2.75) is 26.1 Å². The molecule has 0 saturated carbocycles. The van der Waals surface area contributed by atoms with Gasteiger partial charge in [-0.25, -0.2) is 9.97 Å². The van der Waals surface area contributed by atoms with E-state index in [1.165, 1.54) is 0 Å². The average molecular weight is 398 g/mol. The molecule has 1 unspecified atom stereocenters. The molecule has 7 nitrogen and oxygen atoms in total. The second kappa shape index (κ2) is 8.45. The summed E-state index contributed by atoms with van der Waals surface area (Å²) >= 11 is 1.64. The van der Waals surface area contributed by atoms with Crippen LogP contribution in [0.4, 0.5) is 0 Å². The molecule has 0 aliphatic rings. The maximum Gasteiger partial charge on any atom is 0.193 e. The van der Waals surface area contributed by atoms with Crippen LogP contribution < -0.4 is 14.8 Å². The summed E-state index contributed by atoms with van der Waals surface area (Å²) in [6, 6.07) is 6.08. The summed E-state index contributed by atoms with van der Waals surface area (Å²) in [6.45, 7) is 4.04. The molecular formula is C20H23N5O2S. The van der Waals surface area contributed by atoms with E-state index in [1.807, 2.05) is 38.9 Å². The lowest BCUT2D eigenvalue weighted by Gasteiger charge is -2.17. The predicted molar refractivity (Wildman–Crippen MR) is 109 cm³/mol. The number of benzene rings is 1.